The van der Waals surface area contributed by atoms with Crippen LogP contribution >= 0.6 is 0 Å². The number of amides is 2. The van der Waals surface area contributed by atoms with Crippen molar-refractivity contribution >= 4 is 17.6 Å². The van der Waals surface area contributed by atoms with Crippen LogP contribution in [0.5, 0.6) is 5.75 Å². The lowest BCUT2D eigenvalue weighted by molar-refractivity contribution is -0.131. The summed E-state index contributed by atoms with van der Waals surface area (Å²) in [6.45, 7) is 3.15. The summed E-state index contributed by atoms with van der Waals surface area (Å²) >= 11 is 0. The second kappa shape index (κ2) is 13.6. The molecule has 0 aliphatic carbocycles. The van der Waals surface area contributed by atoms with E-state index >= 15 is 0 Å². The second-order valence-corrected chi connectivity index (χ2v) is 10.1. The van der Waals surface area contributed by atoms with E-state index in [-0.39, 0.29) is 18.4 Å². The van der Waals surface area contributed by atoms with Crippen molar-refractivity contribution in [1.82, 2.24) is 20.0 Å². The Bertz CT molecular complexity index is 1410. The SMILES string of the molecule is COc1ccc(-c2ccc(N3CCCN(C(=O)CN(CCc4ccccc4)C(=O)c4ccccc4)CC3)nn2)cc1. The molecular weight excluding hydrogens is 514 g/mol. The van der Waals surface area contributed by atoms with Crippen molar-refractivity contribution in [1.29, 1.82) is 0 Å². The van der Waals surface area contributed by atoms with Gasteiger partial charge in [-0.3, -0.25) is 9.59 Å². The number of carbonyl (C=O) groups is 2. The van der Waals surface area contributed by atoms with E-state index in [0.717, 1.165) is 41.4 Å². The summed E-state index contributed by atoms with van der Waals surface area (Å²) < 4.78 is 5.23. The Balaban J connectivity index is 1.21. The number of hydrogen-bond acceptors (Lipinski definition) is 6. The lowest BCUT2D eigenvalue weighted by atomic mass is 10.1. The number of methoxy groups -OCH3 is 1. The molecule has 0 atom stereocenters. The summed E-state index contributed by atoms with van der Waals surface area (Å²) in [5, 5.41) is 8.92. The van der Waals surface area contributed by atoms with Crippen molar-refractivity contribution in [2.24, 2.45) is 0 Å². The van der Waals surface area contributed by atoms with E-state index < -0.39 is 0 Å². The lowest BCUT2D eigenvalue weighted by Gasteiger charge is -2.27. The molecule has 8 nitrogen and oxygen atoms in total. The van der Waals surface area contributed by atoms with E-state index in [9.17, 15) is 9.59 Å². The van der Waals surface area contributed by atoms with Gasteiger partial charge >= 0.3 is 0 Å². The summed E-state index contributed by atoms with van der Waals surface area (Å²) in [5.41, 5.74) is 3.49. The predicted molar refractivity (Wildman–Crippen MR) is 160 cm³/mol. The standard InChI is InChI=1S/C33H35N5O3/c1-41-29-15-13-27(14-16-29)30-17-18-31(35-34-30)36-20-8-21-37(24-23-36)32(39)25-38(22-19-26-9-4-2-5-10-26)33(40)28-11-6-3-7-12-28/h2-7,9-18H,8,19-25H2,1H3. The van der Waals surface area contributed by atoms with Gasteiger partial charge in [-0.1, -0.05) is 48.5 Å². The summed E-state index contributed by atoms with van der Waals surface area (Å²) in [6, 6.07) is 30.9. The Morgan fingerprint density at radius 1 is 0.805 bits per heavy atom. The van der Waals surface area contributed by atoms with Crippen LogP contribution in [-0.2, 0) is 11.2 Å². The van der Waals surface area contributed by atoms with Gasteiger partial charge < -0.3 is 19.4 Å². The van der Waals surface area contributed by atoms with Gasteiger partial charge in [-0.15, -0.1) is 10.2 Å². The molecule has 8 heteroatoms. The van der Waals surface area contributed by atoms with Gasteiger partial charge in [-0.2, -0.15) is 0 Å². The first-order valence-electron chi connectivity index (χ1n) is 14.0. The van der Waals surface area contributed by atoms with Crippen LogP contribution in [0.2, 0.25) is 0 Å². The first kappa shape index (κ1) is 27.8. The van der Waals surface area contributed by atoms with Gasteiger partial charge in [0.25, 0.3) is 5.91 Å². The first-order valence-corrected chi connectivity index (χ1v) is 14.0. The highest BCUT2D eigenvalue weighted by atomic mass is 16.5. The zero-order chi connectivity index (χ0) is 28.4. The van der Waals surface area contributed by atoms with Crippen molar-refractivity contribution in [3.05, 3.63) is 108 Å². The van der Waals surface area contributed by atoms with Crippen LogP contribution < -0.4 is 9.64 Å². The molecule has 0 radical (unpaired) electrons. The molecule has 41 heavy (non-hydrogen) atoms. The Hall–Kier alpha value is -4.72. The average molecular weight is 550 g/mol. The molecule has 0 bridgehead atoms. The van der Waals surface area contributed by atoms with Crippen molar-refractivity contribution in [3.8, 4) is 17.0 Å². The smallest absolute Gasteiger partial charge is 0.254 e. The number of rotatable bonds is 9. The van der Waals surface area contributed by atoms with Crippen LogP contribution in [0.3, 0.4) is 0 Å². The van der Waals surface area contributed by atoms with E-state index in [0.29, 0.717) is 38.2 Å². The van der Waals surface area contributed by atoms with Gasteiger partial charge in [0.2, 0.25) is 5.91 Å². The minimum atomic E-state index is -0.126. The molecule has 4 aromatic rings. The first-order chi connectivity index (χ1) is 20.1. The number of ether oxygens (including phenoxy) is 1. The van der Waals surface area contributed by atoms with Crippen molar-refractivity contribution < 1.29 is 14.3 Å². The summed E-state index contributed by atoms with van der Waals surface area (Å²) in [6.07, 6.45) is 1.50. The summed E-state index contributed by atoms with van der Waals surface area (Å²) in [5.74, 6) is 1.43. The third-order valence-corrected chi connectivity index (χ3v) is 7.36. The fourth-order valence-corrected chi connectivity index (χ4v) is 4.99. The molecular formula is C33H35N5O3. The monoisotopic (exact) mass is 549 g/mol. The Kier molecular flexibility index (Phi) is 9.21. The maximum Gasteiger partial charge on any atom is 0.254 e. The topological polar surface area (TPSA) is 78.9 Å². The summed E-state index contributed by atoms with van der Waals surface area (Å²) in [7, 11) is 1.64. The fraction of sp³-hybridized carbons (Fsp3) is 0.273. The van der Waals surface area contributed by atoms with Crippen LogP contribution in [0.1, 0.15) is 22.3 Å². The third-order valence-electron chi connectivity index (χ3n) is 7.36. The molecule has 3 aromatic carbocycles. The largest absolute Gasteiger partial charge is 0.497 e. The van der Waals surface area contributed by atoms with Gasteiger partial charge in [-0.25, -0.2) is 0 Å². The zero-order valence-corrected chi connectivity index (χ0v) is 23.4. The Morgan fingerprint density at radius 2 is 1.54 bits per heavy atom. The van der Waals surface area contributed by atoms with E-state index in [1.807, 2.05) is 89.8 Å². The lowest BCUT2D eigenvalue weighted by Crippen LogP contribution is -2.45. The number of nitrogens with zero attached hydrogens (tertiary/aromatic N) is 5. The molecule has 2 amide bonds. The van der Waals surface area contributed by atoms with Crippen LogP contribution in [0.15, 0.2) is 97.1 Å². The Labute approximate surface area is 241 Å². The van der Waals surface area contributed by atoms with Gasteiger partial charge in [-0.05, 0) is 66.9 Å². The minimum absolute atomic E-state index is 0.0369. The second-order valence-electron chi connectivity index (χ2n) is 10.1. The van der Waals surface area contributed by atoms with Gasteiger partial charge in [0.15, 0.2) is 5.82 Å². The maximum absolute atomic E-state index is 13.5. The minimum Gasteiger partial charge on any atom is -0.497 e. The molecule has 1 aliphatic heterocycles. The molecule has 2 heterocycles. The predicted octanol–water partition coefficient (Wildman–Crippen LogP) is 4.58. The van der Waals surface area contributed by atoms with Gasteiger partial charge in [0.1, 0.15) is 12.3 Å². The van der Waals surface area contributed by atoms with Crippen molar-refractivity contribution in [3.63, 3.8) is 0 Å². The average Bonchev–Trinajstić information content (AvgIpc) is 3.30. The summed E-state index contributed by atoms with van der Waals surface area (Å²) in [4.78, 5) is 32.6. The van der Waals surface area contributed by atoms with E-state index in [4.69, 9.17) is 4.74 Å². The highest BCUT2D eigenvalue weighted by Gasteiger charge is 2.24. The molecule has 1 fully saturated rings. The van der Waals surface area contributed by atoms with Gasteiger partial charge in [0.05, 0.1) is 12.8 Å². The van der Waals surface area contributed by atoms with Crippen LogP contribution in [0, 0.1) is 0 Å². The molecule has 210 valence electrons. The zero-order valence-electron chi connectivity index (χ0n) is 23.4. The highest BCUT2D eigenvalue weighted by Crippen LogP contribution is 2.22. The van der Waals surface area contributed by atoms with Crippen molar-refractivity contribution in [2.45, 2.75) is 12.8 Å². The van der Waals surface area contributed by atoms with Crippen LogP contribution in [0.25, 0.3) is 11.3 Å². The normalized spacial score (nSPS) is 13.4. The number of aromatic nitrogens is 2. The number of benzene rings is 3. The molecule has 0 spiro atoms. The van der Waals surface area contributed by atoms with E-state index in [2.05, 4.69) is 15.1 Å². The van der Waals surface area contributed by atoms with Gasteiger partial charge in [0, 0.05) is 43.9 Å². The fourth-order valence-electron chi connectivity index (χ4n) is 4.99. The molecule has 1 saturated heterocycles. The van der Waals surface area contributed by atoms with E-state index in [1.165, 1.54) is 0 Å². The third kappa shape index (κ3) is 7.28. The number of carbonyl (C=O) groups excluding carboxylic acids is 2. The highest BCUT2D eigenvalue weighted by molar-refractivity contribution is 5.96. The molecule has 0 saturated carbocycles. The molecule has 0 N–H and O–H groups in total. The molecule has 5 rings (SSSR count). The number of hydrogen-bond donors (Lipinski definition) is 0. The molecule has 1 aliphatic rings. The Morgan fingerprint density at radius 3 is 2.22 bits per heavy atom. The molecule has 1 aromatic heterocycles. The van der Waals surface area contributed by atoms with Crippen molar-refractivity contribution in [2.75, 3.05) is 51.3 Å². The van der Waals surface area contributed by atoms with Crippen LogP contribution in [-0.4, -0.2) is 78.2 Å². The quantitative estimate of drug-likeness (QED) is 0.304. The molecule has 0 unspecified atom stereocenters. The van der Waals surface area contributed by atoms with Crippen LogP contribution in [0.4, 0.5) is 5.82 Å². The van der Waals surface area contributed by atoms with E-state index in [1.54, 1.807) is 24.1 Å². The maximum atomic E-state index is 13.5. The number of anilines is 1.